The van der Waals surface area contributed by atoms with Gasteiger partial charge in [0.1, 0.15) is 12.2 Å². The lowest BCUT2D eigenvalue weighted by Gasteiger charge is -2.13. The van der Waals surface area contributed by atoms with Crippen LogP contribution >= 0.6 is 0 Å². The molecule has 0 unspecified atom stereocenters. The zero-order valence-electron chi connectivity index (χ0n) is 7.34. The molecule has 0 aromatic carbocycles. The summed E-state index contributed by atoms with van der Waals surface area (Å²) in [5, 5.41) is 0. The smallest absolute Gasteiger partial charge is 0.134 e. The predicted octanol–water partition coefficient (Wildman–Crippen LogP) is 2.21. The fourth-order valence-corrected chi connectivity index (χ4v) is 1.49. The van der Waals surface area contributed by atoms with Crippen LogP contribution in [0.1, 0.15) is 17.0 Å². The third-order valence-corrected chi connectivity index (χ3v) is 2.08. The van der Waals surface area contributed by atoms with E-state index in [0.717, 1.165) is 11.3 Å². The second-order valence-electron chi connectivity index (χ2n) is 3.11. The van der Waals surface area contributed by atoms with Crippen LogP contribution in [-0.2, 0) is 6.42 Å². The highest BCUT2D eigenvalue weighted by Gasteiger charge is 2.17. The average molecular weight is 176 g/mol. The highest BCUT2D eigenvalue weighted by Crippen LogP contribution is 2.29. The van der Waals surface area contributed by atoms with Crippen LogP contribution < -0.4 is 0 Å². The van der Waals surface area contributed by atoms with E-state index < -0.39 is 0 Å². The average Bonchev–Trinajstić information content (AvgIpc) is 2.02. The monoisotopic (exact) mass is 176 g/mol. The fraction of sp³-hybridized carbons (Fsp3) is 0.200. The Kier molecular flexibility index (Phi) is 1.72. The SMILES string of the molecule is C=C1C=C(F)c2c(C)ncnc2C1. The molecule has 0 bridgehead atoms. The Labute approximate surface area is 75.8 Å². The molecule has 0 radical (unpaired) electrons. The van der Waals surface area contributed by atoms with Crippen LogP contribution in [0.4, 0.5) is 4.39 Å². The van der Waals surface area contributed by atoms with Crippen molar-refractivity contribution in [2.45, 2.75) is 13.3 Å². The van der Waals surface area contributed by atoms with Gasteiger partial charge in [0.25, 0.3) is 0 Å². The van der Waals surface area contributed by atoms with Gasteiger partial charge in [-0.2, -0.15) is 0 Å². The summed E-state index contributed by atoms with van der Waals surface area (Å²) in [5.41, 5.74) is 2.71. The van der Waals surface area contributed by atoms with Crippen molar-refractivity contribution in [2.24, 2.45) is 0 Å². The molecule has 0 N–H and O–H groups in total. The molecule has 2 rings (SSSR count). The van der Waals surface area contributed by atoms with Crippen LogP contribution in [0.3, 0.4) is 0 Å². The Morgan fingerprint density at radius 3 is 3.00 bits per heavy atom. The van der Waals surface area contributed by atoms with Crippen molar-refractivity contribution >= 4 is 5.83 Å². The summed E-state index contributed by atoms with van der Waals surface area (Å²) in [4.78, 5) is 7.97. The molecule has 13 heavy (non-hydrogen) atoms. The largest absolute Gasteiger partial charge is 0.241 e. The van der Waals surface area contributed by atoms with Crippen LogP contribution in [0, 0.1) is 6.92 Å². The summed E-state index contributed by atoms with van der Waals surface area (Å²) in [5.74, 6) is -0.274. The van der Waals surface area contributed by atoms with Gasteiger partial charge in [0, 0.05) is 6.42 Å². The van der Waals surface area contributed by atoms with E-state index in [0.29, 0.717) is 17.7 Å². The number of fused-ring (bicyclic) bond motifs is 1. The Morgan fingerprint density at radius 1 is 1.46 bits per heavy atom. The van der Waals surface area contributed by atoms with Crippen molar-refractivity contribution in [1.29, 1.82) is 0 Å². The Hall–Kier alpha value is -1.51. The van der Waals surface area contributed by atoms with Gasteiger partial charge in [0.05, 0.1) is 17.0 Å². The first kappa shape index (κ1) is 8.10. The number of hydrogen-bond acceptors (Lipinski definition) is 2. The van der Waals surface area contributed by atoms with Gasteiger partial charge in [-0.05, 0) is 18.6 Å². The van der Waals surface area contributed by atoms with Crippen LogP contribution in [0.2, 0.25) is 0 Å². The number of allylic oxidation sites excluding steroid dienone is 2. The molecular formula is C10H9FN2. The molecule has 0 atom stereocenters. The van der Waals surface area contributed by atoms with Crippen molar-refractivity contribution in [3.63, 3.8) is 0 Å². The van der Waals surface area contributed by atoms with E-state index >= 15 is 0 Å². The zero-order chi connectivity index (χ0) is 9.42. The minimum absolute atomic E-state index is 0.274. The topological polar surface area (TPSA) is 25.8 Å². The van der Waals surface area contributed by atoms with Gasteiger partial charge in [-0.15, -0.1) is 0 Å². The van der Waals surface area contributed by atoms with Gasteiger partial charge < -0.3 is 0 Å². The lowest BCUT2D eigenvalue weighted by molar-refractivity contribution is 0.742. The third kappa shape index (κ3) is 1.26. The van der Waals surface area contributed by atoms with E-state index in [2.05, 4.69) is 16.5 Å². The fourth-order valence-electron chi connectivity index (χ4n) is 1.49. The second kappa shape index (κ2) is 2.76. The maximum Gasteiger partial charge on any atom is 0.134 e. The molecule has 1 aromatic heterocycles. The van der Waals surface area contributed by atoms with Gasteiger partial charge in [0.2, 0.25) is 0 Å². The minimum Gasteiger partial charge on any atom is -0.241 e. The first-order chi connectivity index (χ1) is 6.18. The van der Waals surface area contributed by atoms with E-state index in [9.17, 15) is 4.39 Å². The molecule has 1 aliphatic rings. The molecule has 1 aliphatic carbocycles. The van der Waals surface area contributed by atoms with E-state index in [1.54, 1.807) is 6.92 Å². The second-order valence-corrected chi connectivity index (χ2v) is 3.11. The molecule has 3 heteroatoms. The van der Waals surface area contributed by atoms with Gasteiger partial charge in [0.15, 0.2) is 0 Å². The van der Waals surface area contributed by atoms with Crippen molar-refractivity contribution < 1.29 is 4.39 Å². The molecule has 0 amide bonds. The molecule has 66 valence electrons. The standard InChI is InChI=1S/C10H9FN2/c1-6-3-8(11)10-7(2)12-5-13-9(10)4-6/h3,5H,1,4H2,2H3. The molecule has 1 heterocycles. The van der Waals surface area contributed by atoms with Gasteiger partial charge in [-0.1, -0.05) is 6.58 Å². The third-order valence-electron chi connectivity index (χ3n) is 2.08. The molecule has 0 saturated heterocycles. The zero-order valence-corrected chi connectivity index (χ0v) is 7.34. The summed E-state index contributed by atoms with van der Waals surface area (Å²) in [7, 11) is 0. The predicted molar refractivity (Wildman–Crippen MR) is 48.7 cm³/mol. The van der Waals surface area contributed by atoms with Gasteiger partial charge in [-0.25, -0.2) is 14.4 Å². The minimum atomic E-state index is -0.274. The van der Waals surface area contributed by atoms with Crippen molar-refractivity contribution in [3.8, 4) is 0 Å². The molecule has 0 fully saturated rings. The van der Waals surface area contributed by atoms with Crippen LogP contribution in [0.5, 0.6) is 0 Å². The van der Waals surface area contributed by atoms with Crippen molar-refractivity contribution in [3.05, 3.63) is 41.5 Å². The number of hydrogen-bond donors (Lipinski definition) is 0. The molecule has 1 aromatic rings. The maximum absolute atomic E-state index is 13.4. The van der Waals surface area contributed by atoms with Crippen LogP contribution in [0.25, 0.3) is 5.83 Å². The lowest BCUT2D eigenvalue weighted by Crippen LogP contribution is -2.05. The molecule has 0 spiro atoms. The van der Waals surface area contributed by atoms with Crippen molar-refractivity contribution in [1.82, 2.24) is 9.97 Å². The van der Waals surface area contributed by atoms with Crippen LogP contribution in [-0.4, -0.2) is 9.97 Å². The first-order valence-electron chi connectivity index (χ1n) is 4.04. The van der Waals surface area contributed by atoms with Crippen molar-refractivity contribution in [2.75, 3.05) is 0 Å². The maximum atomic E-state index is 13.4. The molecule has 2 nitrogen and oxygen atoms in total. The molecule has 0 saturated carbocycles. The Bertz CT molecular complexity index is 407. The summed E-state index contributed by atoms with van der Waals surface area (Å²) < 4.78 is 13.4. The highest BCUT2D eigenvalue weighted by molar-refractivity contribution is 5.68. The van der Waals surface area contributed by atoms with Gasteiger partial charge >= 0.3 is 0 Å². The number of aryl methyl sites for hydroxylation is 1. The van der Waals surface area contributed by atoms with E-state index in [4.69, 9.17) is 0 Å². The van der Waals surface area contributed by atoms with E-state index in [1.165, 1.54) is 12.4 Å². The number of halogens is 1. The van der Waals surface area contributed by atoms with E-state index in [1.807, 2.05) is 0 Å². The normalized spacial score (nSPS) is 15.2. The highest BCUT2D eigenvalue weighted by atomic mass is 19.1. The van der Waals surface area contributed by atoms with Gasteiger partial charge in [-0.3, -0.25) is 0 Å². The lowest BCUT2D eigenvalue weighted by atomic mass is 9.98. The quantitative estimate of drug-likeness (QED) is 0.605. The summed E-state index contributed by atoms with van der Waals surface area (Å²) in [6.07, 6.45) is 3.52. The Balaban J connectivity index is 2.67. The Morgan fingerprint density at radius 2 is 2.23 bits per heavy atom. The van der Waals surface area contributed by atoms with Crippen LogP contribution in [0.15, 0.2) is 24.6 Å². The number of nitrogens with zero attached hydrogens (tertiary/aromatic N) is 2. The molecule has 0 aliphatic heterocycles. The summed E-state index contributed by atoms with van der Waals surface area (Å²) >= 11 is 0. The number of rotatable bonds is 0. The molecular weight excluding hydrogens is 167 g/mol. The summed E-state index contributed by atoms with van der Waals surface area (Å²) in [6, 6.07) is 0. The summed E-state index contributed by atoms with van der Waals surface area (Å²) in [6.45, 7) is 5.50. The van der Waals surface area contributed by atoms with E-state index in [-0.39, 0.29) is 5.83 Å². The first-order valence-corrected chi connectivity index (χ1v) is 4.04. The number of aromatic nitrogens is 2.